The molecule has 0 radical (unpaired) electrons. The fraction of sp³-hybridized carbons (Fsp3) is 0.250. The summed E-state index contributed by atoms with van der Waals surface area (Å²) in [6, 6.07) is 9.89. The zero-order valence-electron chi connectivity index (χ0n) is 16.1. The quantitative estimate of drug-likeness (QED) is 0.435. The maximum absolute atomic E-state index is 12.5. The smallest absolute Gasteiger partial charge is 0.236 e. The van der Waals surface area contributed by atoms with Gasteiger partial charge in [0.05, 0.1) is 23.1 Å². The first-order chi connectivity index (χ1) is 14.7. The molecule has 4 aromatic rings. The van der Waals surface area contributed by atoms with Crippen molar-refractivity contribution in [3.63, 3.8) is 0 Å². The van der Waals surface area contributed by atoms with E-state index in [9.17, 15) is 4.79 Å². The van der Waals surface area contributed by atoms with Crippen molar-refractivity contribution in [3.05, 3.63) is 42.7 Å². The lowest BCUT2D eigenvalue weighted by Gasteiger charge is -2.08. The van der Waals surface area contributed by atoms with Gasteiger partial charge in [-0.15, -0.1) is 10.2 Å². The topological polar surface area (TPSA) is 94.8 Å². The first-order valence-corrected chi connectivity index (χ1v) is 11.2. The van der Waals surface area contributed by atoms with Gasteiger partial charge in [-0.25, -0.2) is 4.98 Å². The normalized spacial score (nSPS) is 13.5. The van der Waals surface area contributed by atoms with Gasteiger partial charge in [-0.2, -0.15) is 0 Å². The van der Waals surface area contributed by atoms with Crippen LogP contribution in [0.1, 0.15) is 18.9 Å². The van der Waals surface area contributed by atoms with Gasteiger partial charge < -0.3 is 10.1 Å². The number of amides is 1. The summed E-state index contributed by atoms with van der Waals surface area (Å²) in [5, 5.41) is 12.9. The van der Waals surface area contributed by atoms with Gasteiger partial charge >= 0.3 is 0 Å². The number of hydrogen-bond donors (Lipinski definition) is 1. The van der Waals surface area contributed by atoms with Crippen LogP contribution in [0.15, 0.2) is 47.9 Å². The number of pyridine rings is 1. The minimum Gasteiger partial charge on any atom is -0.497 e. The largest absolute Gasteiger partial charge is 0.497 e. The minimum atomic E-state index is -0.123. The molecule has 0 bridgehead atoms. The van der Waals surface area contributed by atoms with E-state index in [4.69, 9.17) is 4.74 Å². The number of hydrogen-bond acceptors (Lipinski definition) is 8. The molecule has 30 heavy (non-hydrogen) atoms. The molecule has 1 saturated carbocycles. The number of carbonyl (C=O) groups is 1. The highest BCUT2D eigenvalue weighted by Crippen LogP contribution is 2.41. The molecular formula is C20H18N6O2S2. The van der Waals surface area contributed by atoms with Gasteiger partial charge in [-0.1, -0.05) is 23.1 Å². The van der Waals surface area contributed by atoms with Crippen molar-refractivity contribution in [1.29, 1.82) is 0 Å². The van der Waals surface area contributed by atoms with Gasteiger partial charge in [0.1, 0.15) is 5.75 Å². The highest BCUT2D eigenvalue weighted by atomic mass is 32.2. The molecule has 0 aliphatic heterocycles. The third-order valence-corrected chi connectivity index (χ3v) is 6.57. The second-order valence-electron chi connectivity index (χ2n) is 6.83. The number of rotatable bonds is 7. The van der Waals surface area contributed by atoms with Crippen LogP contribution in [-0.2, 0) is 4.79 Å². The highest BCUT2D eigenvalue weighted by Gasteiger charge is 2.30. The Hall–Kier alpha value is -2.98. The van der Waals surface area contributed by atoms with Crippen LogP contribution >= 0.6 is 23.1 Å². The number of aromatic nitrogens is 5. The average molecular weight is 439 g/mol. The van der Waals surface area contributed by atoms with Gasteiger partial charge in [0.15, 0.2) is 16.1 Å². The van der Waals surface area contributed by atoms with Gasteiger partial charge in [-0.05, 0) is 43.2 Å². The Morgan fingerprint density at radius 2 is 2.10 bits per heavy atom. The predicted octanol–water partition coefficient (Wildman–Crippen LogP) is 4.02. The molecule has 1 fully saturated rings. The number of methoxy groups -OCH3 is 1. The standard InChI is InChI=1S/C20H18N6O2S2/c1-28-14-4-5-15-16(10-14)30-19(22-15)23-17(27)11-29-20-25-24-18(26(20)13-2-3-13)12-6-8-21-9-7-12/h4-10,13H,2-3,11H2,1H3,(H,22,23,27). The van der Waals surface area contributed by atoms with Crippen LogP contribution in [0, 0.1) is 0 Å². The molecule has 0 atom stereocenters. The molecular weight excluding hydrogens is 420 g/mol. The molecule has 1 amide bonds. The van der Waals surface area contributed by atoms with E-state index in [1.54, 1.807) is 19.5 Å². The first-order valence-electron chi connectivity index (χ1n) is 9.44. The van der Waals surface area contributed by atoms with Gasteiger partial charge in [0, 0.05) is 24.0 Å². The molecule has 0 spiro atoms. The number of ether oxygens (including phenoxy) is 1. The van der Waals surface area contributed by atoms with Gasteiger partial charge in [0.2, 0.25) is 5.91 Å². The Bertz CT molecular complexity index is 1200. The summed E-state index contributed by atoms with van der Waals surface area (Å²) in [6.07, 6.45) is 5.69. The molecule has 0 saturated heterocycles. The lowest BCUT2D eigenvalue weighted by molar-refractivity contribution is -0.113. The maximum atomic E-state index is 12.5. The van der Waals surface area contributed by atoms with E-state index < -0.39 is 0 Å². The Morgan fingerprint density at radius 1 is 1.27 bits per heavy atom. The van der Waals surface area contributed by atoms with E-state index in [0.29, 0.717) is 11.2 Å². The van der Waals surface area contributed by atoms with E-state index >= 15 is 0 Å². The van der Waals surface area contributed by atoms with Crippen molar-refractivity contribution >= 4 is 44.4 Å². The number of fused-ring (bicyclic) bond motifs is 1. The second-order valence-corrected chi connectivity index (χ2v) is 8.81. The second kappa shape index (κ2) is 8.04. The number of thioether (sulfide) groups is 1. The van der Waals surface area contributed by atoms with Crippen LogP contribution in [0.2, 0.25) is 0 Å². The van der Waals surface area contributed by atoms with Crippen molar-refractivity contribution in [2.75, 3.05) is 18.2 Å². The van der Waals surface area contributed by atoms with Crippen LogP contribution in [0.5, 0.6) is 5.75 Å². The third-order valence-electron chi connectivity index (χ3n) is 4.69. The number of thiazole rings is 1. The van der Waals surface area contributed by atoms with Crippen molar-refractivity contribution in [1.82, 2.24) is 24.7 Å². The lowest BCUT2D eigenvalue weighted by atomic mass is 10.2. The highest BCUT2D eigenvalue weighted by molar-refractivity contribution is 7.99. The monoisotopic (exact) mass is 438 g/mol. The third kappa shape index (κ3) is 3.88. The van der Waals surface area contributed by atoms with Crippen molar-refractivity contribution in [2.45, 2.75) is 24.0 Å². The Balaban J connectivity index is 1.28. The predicted molar refractivity (Wildman–Crippen MR) is 117 cm³/mol. The molecule has 1 aliphatic carbocycles. The molecule has 3 aromatic heterocycles. The van der Waals surface area contributed by atoms with Crippen LogP contribution in [0.3, 0.4) is 0 Å². The number of carbonyl (C=O) groups excluding carboxylic acids is 1. The molecule has 8 nitrogen and oxygen atoms in total. The van der Waals surface area contributed by atoms with E-state index in [1.165, 1.54) is 23.1 Å². The summed E-state index contributed by atoms with van der Waals surface area (Å²) in [7, 11) is 1.63. The zero-order valence-corrected chi connectivity index (χ0v) is 17.7. The molecule has 1 aliphatic rings. The molecule has 0 unspecified atom stereocenters. The number of benzene rings is 1. The Kier molecular flexibility index (Phi) is 5.09. The van der Waals surface area contributed by atoms with Gasteiger partial charge in [0.25, 0.3) is 0 Å². The van der Waals surface area contributed by atoms with Crippen LogP contribution in [-0.4, -0.2) is 43.5 Å². The molecule has 3 heterocycles. The maximum Gasteiger partial charge on any atom is 0.236 e. The summed E-state index contributed by atoms with van der Waals surface area (Å²) >= 11 is 2.81. The number of nitrogens with zero attached hydrogens (tertiary/aromatic N) is 5. The summed E-state index contributed by atoms with van der Waals surface area (Å²) in [6.45, 7) is 0. The number of nitrogens with one attached hydrogen (secondary N) is 1. The molecule has 5 rings (SSSR count). The molecule has 10 heteroatoms. The van der Waals surface area contributed by atoms with Crippen molar-refractivity contribution in [3.8, 4) is 17.1 Å². The lowest BCUT2D eigenvalue weighted by Crippen LogP contribution is -2.14. The first kappa shape index (κ1) is 19.0. The van der Waals surface area contributed by atoms with Crippen LogP contribution in [0.4, 0.5) is 5.13 Å². The summed E-state index contributed by atoms with van der Waals surface area (Å²) < 4.78 is 8.34. The molecule has 152 valence electrons. The summed E-state index contributed by atoms with van der Waals surface area (Å²) in [5.41, 5.74) is 1.81. The minimum absolute atomic E-state index is 0.123. The Morgan fingerprint density at radius 3 is 2.87 bits per heavy atom. The number of anilines is 1. The Labute approximate surface area is 180 Å². The van der Waals surface area contributed by atoms with Crippen LogP contribution < -0.4 is 10.1 Å². The van der Waals surface area contributed by atoms with E-state index in [-0.39, 0.29) is 11.7 Å². The summed E-state index contributed by atoms with van der Waals surface area (Å²) in [5.74, 6) is 1.70. The zero-order chi connectivity index (χ0) is 20.5. The van der Waals surface area contributed by atoms with Crippen LogP contribution in [0.25, 0.3) is 21.6 Å². The average Bonchev–Trinajstić information content (AvgIpc) is 3.39. The van der Waals surface area contributed by atoms with E-state index in [2.05, 4.69) is 30.0 Å². The fourth-order valence-electron chi connectivity index (χ4n) is 3.11. The molecule has 1 N–H and O–H groups in total. The van der Waals surface area contributed by atoms with E-state index in [1.807, 2.05) is 30.3 Å². The van der Waals surface area contributed by atoms with Gasteiger partial charge in [-0.3, -0.25) is 14.3 Å². The fourth-order valence-corrected chi connectivity index (χ4v) is 4.82. The molecule has 1 aromatic carbocycles. The van der Waals surface area contributed by atoms with E-state index in [0.717, 1.165) is 45.4 Å². The van der Waals surface area contributed by atoms with Crippen molar-refractivity contribution in [2.24, 2.45) is 0 Å². The SMILES string of the molecule is COc1ccc2nc(NC(=O)CSc3nnc(-c4ccncc4)n3C3CC3)sc2c1. The van der Waals surface area contributed by atoms with Crippen molar-refractivity contribution < 1.29 is 9.53 Å². The summed E-state index contributed by atoms with van der Waals surface area (Å²) in [4.78, 5) is 21.0.